The van der Waals surface area contributed by atoms with Gasteiger partial charge in [-0.25, -0.2) is 0 Å². The molecule has 28 heavy (non-hydrogen) atoms. The lowest BCUT2D eigenvalue weighted by Gasteiger charge is -2.29. The molecule has 6 heteroatoms. The number of halogens is 2. The highest BCUT2D eigenvalue weighted by atomic mass is 35.5. The summed E-state index contributed by atoms with van der Waals surface area (Å²) < 4.78 is 0. The van der Waals surface area contributed by atoms with Crippen LogP contribution in [-0.4, -0.2) is 29.3 Å². The van der Waals surface area contributed by atoms with Crippen molar-refractivity contribution in [2.24, 2.45) is 0 Å². The summed E-state index contributed by atoms with van der Waals surface area (Å²) in [6.07, 6.45) is 2.06. The molecule has 1 atom stereocenters. The zero-order valence-corrected chi connectivity index (χ0v) is 17.8. The van der Waals surface area contributed by atoms with Crippen LogP contribution in [0.25, 0.3) is 0 Å². The molecule has 150 valence electrons. The molecule has 0 bridgehead atoms. The van der Waals surface area contributed by atoms with Gasteiger partial charge in [-0.1, -0.05) is 72.9 Å². The highest BCUT2D eigenvalue weighted by molar-refractivity contribution is 6.42. The van der Waals surface area contributed by atoms with E-state index in [2.05, 4.69) is 12.2 Å². The Hall–Kier alpha value is -2.04. The molecule has 0 saturated heterocycles. The van der Waals surface area contributed by atoms with Crippen LogP contribution in [0, 0.1) is 0 Å². The molecule has 0 radical (unpaired) electrons. The van der Waals surface area contributed by atoms with E-state index in [9.17, 15) is 9.59 Å². The highest BCUT2D eigenvalue weighted by Crippen LogP contribution is 2.23. The molecule has 0 aromatic heterocycles. The number of rotatable bonds is 9. The van der Waals surface area contributed by atoms with Crippen molar-refractivity contribution in [2.45, 2.75) is 45.7 Å². The molecule has 0 aliphatic carbocycles. The normalized spacial score (nSPS) is 11.7. The molecule has 2 rings (SSSR count). The van der Waals surface area contributed by atoms with Gasteiger partial charge in [0, 0.05) is 13.1 Å². The number of nitrogens with zero attached hydrogens (tertiary/aromatic N) is 1. The standard InChI is InChI=1S/C22H26Cl2N2O2/c1-3-4-12-25-22(28)16(2)26(15-17-8-6-5-7-9-17)21(27)14-18-10-11-19(23)20(24)13-18/h5-11,13,16H,3-4,12,14-15H2,1-2H3,(H,25,28)/t16-/m0/s1. The number of nitrogens with one attached hydrogen (secondary N) is 1. The zero-order chi connectivity index (χ0) is 20.5. The summed E-state index contributed by atoms with van der Waals surface area (Å²) in [6, 6.07) is 14.2. The van der Waals surface area contributed by atoms with Crippen LogP contribution in [0.2, 0.25) is 10.0 Å². The van der Waals surface area contributed by atoms with Crippen LogP contribution in [-0.2, 0) is 22.6 Å². The molecule has 2 amide bonds. The van der Waals surface area contributed by atoms with Crippen molar-refractivity contribution in [3.05, 3.63) is 69.7 Å². The summed E-state index contributed by atoms with van der Waals surface area (Å²) >= 11 is 12.0. The van der Waals surface area contributed by atoms with Crippen molar-refractivity contribution >= 4 is 35.0 Å². The van der Waals surface area contributed by atoms with Gasteiger partial charge < -0.3 is 10.2 Å². The van der Waals surface area contributed by atoms with Crippen molar-refractivity contribution in [1.29, 1.82) is 0 Å². The molecular weight excluding hydrogens is 395 g/mol. The first kappa shape index (κ1) is 22.3. The van der Waals surface area contributed by atoms with E-state index < -0.39 is 6.04 Å². The molecule has 0 fully saturated rings. The van der Waals surface area contributed by atoms with E-state index in [1.54, 1.807) is 30.0 Å². The third-order valence-corrected chi connectivity index (χ3v) is 5.27. The van der Waals surface area contributed by atoms with Crippen molar-refractivity contribution in [3.8, 4) is 0 Å². The fourth-order valence-electron chi connectivity index (χ4n) is 2.82. The predicted octanol–water partition coefficient (Wildman–Crippen LogP) is 4.87. The van der Waals surface area contributed by atoms with Gasteiger partial charge in [-0.3, -0.25) is 9.59 Å². The van der Waals surface area contributed by atoms with Crippen LogP contribution in [0.15, 0.2) is 48.5 Å². The Kier molecular flexibility index (Phi) is 8.81. The first-order chi connectivity index (χ1) is 13.4. The van der Waals surface area contributed by atoms with E-state index in [-0.39, 0.29) is 18.2 Å². The van der Waals surface area contributed by atoms with E-state index in [1.165, 1.54) is 0 Å². The van der Waals surface area contributed by atoms with Crippen LogP contribution in [0.5, 0.6) is 0 Å². The van der Waals surface area contributed by atoms with Crippen molar-refractivity contribution in [1.82, 2.24) is 10.2 Å². The summed E-state index contributed by atoms with van der Waals surface area (Å²) in [5, 5.41) is 3.77. The molecule has 2 aromatic carbocycles. The van der Waals surface area contributed by atoms with Gasteiger partial charge >= 0.3 is 0 Å². The van der Waals surface area contributed by atoms with Gasteiger partial charge in [-0.05, 0) is 36.6 Å². The van der Waals surface area contributed by atoms with E-state index >= 15 is 0 Å². The van der Waals surface area contributed by atoms with Crippen molar-refractivity contribution in [3.63, 3.8) is 0 Å². The molecule has 0 spiro atoms. The Bertz CT molecular complexity index is 796. The van der Waals surface area contributed by atoms with Gasteiger partial charge in [0.1, 0.15) is 6.04 Å². The van der Waals surface area contributed by atoms with Crippen LogP contribution < -0.4 is 5.32 Å². The number of hydrogen-bond acceptors (Lipinski definition) is 2. The Morgan fingerprint density at radius 3 is 2.39 bits per heavy atom. The second-order valence-electron chi connectivity index (χ2n) is 6.75. The molecule has 0 saturated carbocycles. The third kappa shape index (κ3) is 6.54. The summed E-state index contributed by atoms with van der Waals surface area (Å²) in [5.74, 6) is -0.285. The molecular formula is C22H26Cl2N2O2. The van der Waals surface area contributed by atoms with E-state index in [4.69, 9.17) is 23.2 Å². The lowest BCUT2D eigenvalue weighted by molar-refractivity contribution is -0.140. The Labute approximate surface area is 176 Å². The molecule has 1 N–H and O–H groups in total. The Morgan fingerprint density at radius 1 is 1.04 bits per heavy atom. The number of hydrogen-bond donors (Lipinski definition) is 1. The summed E-state index contributed by atoms with van der Waals surface area (Å²) in [6.45, 7) is 4.80. The molecule has 0 aliphatic rings. The molecule has 0 heterocycles. The highest BCUT2D eigenvalue weighted by Gasteiger charge is 2.26. The average Bonchev–Trinajstić information content (AvgIpc) is 2.69. The number of amides is 2. The Morgan fingerprint density at radius 2 is 1.75 bits per heavy atom. The molecule has 4 nitrogen and oxygen atoms in total. The van der Waals surface area contributed by atoms with Crippen LogP contribution in [0.3, 0.4) is 0 Å². The van der Waals surface area contributed by atoms with Crippen LogP contribution >= 0.6 is 23.2 Å². The number of carbonyl (C=O) groups is 2. The van der Waals surface area contributed by atoms with E-state index in [1.807, 2.05) is 30.3 Å². The van der Waals surface area contributed by atoms with Gasteiger partial charge in [0.15, 0.2) is 0 Å². The maximum atomic E-state index is 13.1. The minimum Gasteiger partial charge on any atom is -0.354 e. The number of carbonyl (C=O) groups excluding carboxylic acids is 2. The maximum Gasteiger partial charge on any atom is 0.242 e. The minimum atomic E-state index is -0.577. The summed E-state index contributed by atoms with van der Waals surface area (Å²) in [4.78, 5) is 27.2. The van der Waals surface area contributed by atoms with E-state index in [0.717, 1.165) is 24.0 Å². The van der Waals surface area contributed by atoms with Crippen molar-refractivity contribution < 1.29 is 9.59 Å². The lowest BCUT2D eigenvalue weighted by atomic mass is 10.1. The van der Waals surface area contributed by atoms with Gasteiger partial charge in [-0.15, -0.1) is 0 Å². The maximum absolute atomic E-state index is 13.1. The van der Waals surface area contributed by atoms with E-state index in [0.29, 0.717) is 23.1 Å². The molecule has 2 aromatic rings. The SMILES string of the molecule is CCCCNC(=O)[C@H](C)N(Cc1ccccc1)C(=O)Cc1ccc(Cl)c(Cl)c1. The monoisotopic (exact) mass is 420 g/mol. The minimum absolute atomic E-state index is 0.139. The number of unbranched alkanes of at least 4 members (excludes halogenated alkanes) is 1. The quantitative estimate of drug-likeness (QED) is 0.588. The van der Waals surface area contributed by atoms with Gasteiger partial charge in [-0.2, -0.15) is 0 Å². The second kappa shape index (κ2) is 11.1. The topological polar surface area (TPSA) is 49.4 Å². The van der Waals surface area contributed by atoms with Gasteiger partial charge in [0.05, 0.1) is 16.5 Å². The second-order valence-corrected chi connectivity index (χ2v) is 7.57. The number of benzene rings is 2. The molecule has 0 aliphatic heterocycles. The first-order valence-electron chi connectivity index (χ1n) is 9.47. The largest absolute Gasteiger partial charge is 0.354 e. The zero-order valence-electron chi connectivity index (χ0n) is 16.3. The summed E-state index contributed by atoms with van der Waals surface area (Å²) in [7, 11) is 0. The van der Waals surface area contributed by atoms with Crippen LogP contribution in [0.4, 0.5) is 0 Å². The third-order valence-electron chi connectivity index (χ3n) is 4.53. The summed E-state index contributed by atoms with van der Waals surface area (Å²) in [5.41, 5.74) is 1.73. The van der Waals surface area contributed by atoms with Crippen LogP contribution in [0.1, 0.15) is 37.8 Å². The predicted molar refractivity (Wildman–Crippen MR) is 115 cm³/mol. The lowest BCUT2D eigenvalue weighted by Crippen LogP contribution is -2.48. The van der Waals surface area contributed by atoms with Gasteiger partial charge in [0.2, 0.25) is 11.8 Å². The molecule has 0 unspecified atom stereocenters. The van der Waals surface area contributed by atoms with Gasteiger partial charge in [0.25, 0.3) is 0 Å². The average molecular weight is 421 g/mol. The fraction of sp³-hybridized carbons (Fsp3) is 0.364. The van der Waals surface area contributed by atoms with Crippen molar-refractivity contribution in [2.75, 3.05) is 6.54 Å². The first-order valence-corrected chi connectivity index (χ1v) is 10.2. The smallest absolute Gasteiger partial charge is 0.242 e. The Balaban J connectivity index is 2.17. The fourth-order valence-corrected chi connectivity index (χ4v) is 3.15.